The number of aromatic nitrogens is 1. The van der Waals surface area contributed by atoms with Crippen molar-refractivity contribution >= 4 is 44.9 Å². The summed E-state index contributed by atoms with van der Waals surface area (Å²) >= 11 is 1.52. The van der Waals surface area contributed by atoms with Crippen LogP contribution in [0.5, 0.6) is 0 Å². The lowest BCUT2D eigenvalue weighted by atomic mass is 9.85. The molecule has 0 unspecified atom stereocenters. The molecule has 150 valence electrons. The Balaban J connectivity index is 1.60. The molecule has 2 aromatic rings. The first kappa shape index (κ1) is 19.6. The molecule has 0 amide bonds. The van der Waals surface area contributed by atoms with Crippen LogP contribution in [0.3, 0.4) is 0 Å². The van der Waals surface area contributed by atoms with Crippen LogP contribution in [0.25, 0.3) is 10.2 Å². The number of ketones is 1. The second kappa shape index (κ2) is 9.17. The Labute approximate surface area is 171 Å². The highest BCUT2D eigenvalue weighted by atomic mass is 32.1. The molecule has 4 rings (SSSR count). The number of anilines is 1. The summed E-state index contributed by atoms with van der Waals surface area (Å²) in [5.41, 5.74) is 1.91. The van der Waals surface area contributed by atoms with Crippen molar-refractivity contribution in [3.8, 4) is 0 Å². The molecule has 4 nitrogen and oxygen atoms in total. The lowest BCUT2D eigenvalue weighted by molar-refractivity contribution is 0.0975. The van der Waals surface area contributed by atoms with E-state index in [-0.39, 0.29) is 5.78 Å². The van der Waals surface area contributed by atoms with Gasteiger partial charge in [-0.25, -0.2) is 4.98 Å². The molecule has 0 aromatic carbocycles. The third-order valence-corrected chi connectivity index (χ3v) is 7.43. The maximum absolute atomic E-state index is 13.1. The predicted molar refractivity (Wildman–Crippen MR) is 119 cm³/mol. The smallest absolute Gasteiger partial charge is 0.175 e. The van der Waals surface area contributed by atoms with E-state index in [0.29, 0.717) is 12.5 Å². The van der Waals surface area contributed by atoms with E-state index in [1.54, 1.807) is 6.21 Å². The van der Waals surface area contributed by atoms with Crippen LogP contribution >= 0.6 is 11.3 Å². The number of carbonyl (C=O) groups is 1. The quantitative estimate of drug-likeness (QED) is 0.407. The highest BCUT2D eigenvalue weighted by Gasteiger charge is 2.24. The van der Waals surface area contributed by atoms with Crippen molar-refractivity contribution < 1.29 is 4.79 Å². The molecule has 2 saturated carbocycles. The Hall–Kier alpha value is -1.75. The van der Waals surface area contributed by atoms with Gasteiger partial charge in [0.25, 0.3) is 0 Å². The molecular weight excluding hydrogens is 366 g/mol. The van der Waals surface area contributed by atoms with E-state index < -0.39 is 0 Å². The van der Waals surface area contributed by atoms with Crippen molar-refractivity contribution in [3.63, 3.8) is 0 Å². The number of carbonyl (C=O) groups excluding carboxylic acids is 1. The van der Waals surface area contributed by atoms with Crippen molar-refractivity contribution in [3.05, 3.63) is 17.1 Å². The van der Waals surface area contributed by atoms with E-state index in [4.69, 9.17) is 0 Å². The van der Waals surface area contributed by atoms with Crippen LogP contribution in [-0.4, -0.2) is 23.0 Å². The molecular formula is C23H31N3OS. The molecule has 2 aliphatic rings. The Morgan fingerprint density at radius 2 is 1.96 bits per heavy atom. The van der Waals surface area contributed by atoms with Gasteiger partial charge >= 0.3 is 0 Å². The maximum atomic E-state index is 13.1. The summed E-state index contributed by atoms with van der Waals surface area (Å²) in [5, 5.41) is 4.73. The van der Waals surface area contributed by atoms with Crippen molar-refractivity contribution in [1.29, 1.82) is 0 Å². The Bertz CT molecular complexity index is 845. The van der Waals surface area contributed by atoms with Gasteiger partial charge in [-0.15, -0.1) is 11.3 Å². The largest absolute Gasteiger partial charge is 0.382 e. The van der Waals surface area contributed by atoms with E-state index in [9.17, 15) is 4.79 Å². The van der Waals surface area contributed by atoms with Crippen molar-refractivity contribution in [2.75, 3.05) is 5.32 Å². The van der Waals surface area contributed by atoms with Crippen LogP contribution in [0.4, 0.5) is 11.4 Å². The molecule has 2 aromatic heterocycles. The highest BCUT2D eigenvalue weighted by molar-refractivity contribution is 7.21. The number of hydrogen-bond acceptors (Lipinski definition) is 5. The summed E-state index contributed by atoms with van der Waals surface area (Å²) in [6.45, 7) is 1.92. The molecule has 2 heterocycles. The standard InChI is InChI=1S/C23H31N3OS/c1-2-24-21-20-18(26-17-10-6-7-11-17)14-15-25-23(20)28-22(21)19(27)13-12-16-8-4-3-5-9-16/h2,14-17H,3-13H2,1H3,(H,25,26). The van der Waals surface area contributed by atoms with Gasteiger partial charge in [0, 0.05) is 30.6 Å². The number of fused-ring (bicyclic) bond motifs is 1. The van der Waals surface area contributed by atoms with Crippen LogP contribution in [0.1, 0.15) is 87.2 Å². The topological polar surface area (TPSA) is 54.4 Å². The van der Waals surface area contributed by atoms with Gasteiger partial charge < -0.3 is 5.32 Å². The number of rotatable bonds is 7. The molecule has 2 aliphatic carbocycles. The Morgan fingerprint density at radius 3 is 2.71 bits per heavy atom. The number of nitrogens with zero attached hydrogens (tertiary/aromatic N) is 2. The van der Waals surface area contributed by atoms with Gasteiger partial charge in [-0.1, -0.05) is 44.9 Å². The SMILES string of the molecule is CC=Nc1c(C(=O)CCC2CCCCC2)sc2nccc(NC3CCCC3)c12. The molecule has 1 N–H and O–H groups in total. The van der Waals surface area contributed by atoms with E-state index >= 15 is 0 Å². The monoisotopic (exact) mass is 397 g/mol. The predicted octanol–water partition coefficient (Wildman–Crippen LogP) is 6.92. The fourth-order valence-electron chi connectivity index (χ4n) is 4.78. The van der Waals surface area contributed by atoms with Gasteiger partial charge in [-0.2, -0.15) is 0 Å². The fraction of sp³-hybridized carbons (Fsp3) is 0.609. The normalized spacial score (nSPS) is 19.0. The van der Waals surface area contributed by atoms with Crippen molar-refractivity contribution in [1.82, 2.24) is 4.98 Å². The molecule has 2 fully saturated rings. The molecule has 0 radical (unpaired) electrons. The summed E-state index contributed by atoms with van der Waals surface area (Å²) in [6.07, 6.45) is 16.9. The van der Waals surface area contributed by atoms with Gasteiger partial charge in [0.05, 0.1) is 16.0 Å². The number of aliphatic imine (C=N–C) groups is 1. The first-order chi connectivity index (χ1) is 13.8. The van der Waals surface area contributed by atoms with Gasteiger partial charge in [0.2, 0.25) is 0 Å². The molecule has 0 aliphatic heterocycles. The number of nitrogens with one attached hydrogen (secondary N) is 1. The van der Waals surface area contributed by atoms with E-state index in [1.165, 1.54) is 69.1 Å². The zero-order valence-corrected chi connectivity index (χ0v) is 17.7. The molecule has 0 bridgehead atoms. The number of pyridine rings is 1. The minimum Gasteiger partial charge on any atom is -0.382 e. The van der Waals surface area contributed by atoms with Gasteiger partial charge in [0.1, 0.15) is 4.83 Å². The zero-order chi connectivity index (χ0) is 19.3. The average molecular weight is 398 g/mol. The Morgan fingerprint density at radius 1 is 1.21 bits per heavy atom. The van der Waals surface area contributed by atoms with E-state index in [0.717, 1.165) is 38.8 Å². The third-order valence-electron chi connectivity index (χ3n) is 6.30. The van der Waals surface area contributed by atoms with Crippen LogP contribution in [0.15, 0.2) is 17.3 Å². The van der Waals surface area contributed by atoms with Gasteiger partial charge in [0.15, 0.2) is 5.78 Å². The van der Waals surface area contributed by atoms with Gasteiger partial charge in [-0.05, 0) is 38.2 Å². The lowest BCUT2D eigenvalue weighted by Gasteiger charge is -2.20. The minimum atomic E-state index is 0.237. The van der Waals surface area contributed by atoms with Crippen LogP contribution < -0.4 is 5.32 Å². The average Bonchev–Trinajstić information content (AvgIpc) is 3.36. The Kier molecular flexibility index (Phi) is 6.40. The summed E-state index contributed by atoms with van der Waals surface area (Å²) in [7, 11) is 0. The van der Waals surface area contributed by atoms with Gasteiger partial charge in [-0.3, -0.25) is 9.79 Å². The second-order valence-corrected chi connectivity index (χ2v) is 9.30. The minimum absolute atomic E-state index is 0.237. The summed E-state index contributed by atoms with van der Waals surface area (Å²) in [4.78, 5) is 24.0. The third kappa shape index (κ3) is 4.29. The van der Waals surface area contributed by atoms with Crippen molar-refractivity contribution in [2.24, 2.45) is 10.9 Å². The second-order valence-electron chi connectivity index (χ2n) is 8.30. The molecule has 5 heteroatoms. The van der Waals surface area contributed by atoms with E-state index in [1.807, 2.05) is 19.2 Å². The zero-order valence-electron chi connectivity index (χ0n) is 16.9. The fourth-order valence-corrected chi connectivity index (χ4v) is 5.87. The van der Waals surface area contributed by atoms with Crippen LogP contribution in [0.2, 0.25) is 0 Å². The molecule has 28 heavy (non-hydrogen) atoms. The van der Waals surface area contributed by atoms with E-state index in [2.05, 4.69) is 15.3 Å². The van der Waals surface area contributed by atoms with Crippen LogP contribution in [0, 0.1) is 5.92 Å². The maximum Gasteiger partial charge on any atom is 0.175 e. The summed E-state index contributed by atoms with van der Waals surface area (Å²) in [5.74, 6) is 0.962. The number of thiophene rings is 1. The van der Waals surface area contributed by atoms with Crippen LogP contribution in [-0.2, 0) is 0 Å². The summed E-state index contributed by atoms with van der Waals surface area (Å²) < 4.78 is 0. The molecule has 0 saturated heterocycles. The first-order valence-corrected chi connectivity index (χ1v) is 11.8. The number of Topliss-reactive ketones (excluding diaryl/α,β-unsaturated/α-hetero) is 1. The van der Waals surface area contributed by atoms with Crippen molar-refractivity contribution in [2.45, 2.75) is 83.6 Å². The summed E-state index contributed by atoms with van der Waals surface area (Å²) in [6, 6.07) is 2.56. The number of hydrogen-bond donors (Lipinski definition) is 1. The molecule has 0 spiro atoms. The molecule has 0 atom stereocenters. The first-order valence-electron chi connectivity index (χ1n) is 11.0. The highest BCUT2D eigenvalue weighted by Crippen LogP contribution is 2.42. The lowest BCUT2D eigenvalue weighted by Crippen LogP contribution is -2.14.